The Hall–Kier alpha value is -1.91. The van der Waals surface area contributed by atoms with Gasteiger partial charge < -0.3 is 5.73 Å². The van der Waals surface area contributed by atoms with Gasteiger partial charge in [-0.15, -0.1) is 0 Å². The lowest BCUT2D eigenvalue weighted by Gasteiger charge is -2.08. The van der Waals surface area contributed by atoms with Gasteiger partial charge in [0.15, 0.2) is 5.82 Å². The molecule has 0 amide bonds. The molecular weight excluding hydrogens is 202 g/mol. The molecule has 0 aromatic carbocycles. The van der Waals surface area contributed by atoms with Gasteiger partial charge in [-0.25, -0.2) is 4.98 Å². The van der Waals surface area contributed by atoms with Crippen molar-refractivity contribution in [1.82, 2.24) is 19.7 Å². The molecule has 2 N–H and O–H groups in total. The van der Waals surface area contributed by atoms with E-state index in [2.05, 4.69) is 15.1 Å². The Bertz CT molecular complexity index is 542. The van der Waals surface area contributed by atoms with E-state index in [1.54, 1.807) is 4.68 Å². The SMILES string of the molecule is Cc1cc(N)n(-c2nc(C)c(C)nc2C)n1. The normalized spacial score (nSPS) is 10.8. The summed E-state index contributed by atoms with van der Waals surface area (Å²) in [5.41, 5.74) is 9.40. The Labute approximate surface area is 94.3 Å². The fourth-order valence-electron chi connectivity index (χ4n) is 1.59. The number of nitrogens with zero attached hydrogens (tertiary/aromatic N) is 4. The van der Waals surface area contributed by atoms with Crippen LogP contribution in [-0.2, 0) is 0 Å². The quantitative estimate of drug-likeness (QED) is 0.785. The maximum atomic E-state index is 5.86. The average molecular weight is 217 g/mol. The molecule has 0 bridgehead atoms. The second-order valence-corrected chi connectivity index (χ2v) is 3.93. The van der Waals surface area contributed by atoms with Crippen LogP contribution in [-0.4, -0.2) is 19.7 Å². The van der Waals surface area contributed by atoms with E-state index < -0.39 is 0 Å². The van der Waals surface area contributed by atoms with Crippen LogP contribution in [0.3, 0.4) is 0 Å². The second kappa shape index (κ2) is 3.59. The predicted octanol–water partition coefficient (Wildman–Crippen LogP) is 1.48. The van der Waals surface area contributed by atoms with Crippen molar-refractivity contribution >= 4 is 5.82 Å². The van der Waals surface area contributed by atoms with Crippen LogP contribution in [0.5, 0.6) is 0 Å². The molecule has 84 valence electrons. The Morgan fingerprint density at radius 1 is 1.00 bits per heavy atom. The number of nitrogens with two attached hydrogens (primary N) is 1. The van der Waals surface area contributed by atoms with Crippen LogP contribution in [0, 0.1) is 27.7 Å². The van der Waals surface area contributed by atoms with Gasteiger partial charge in [-0.1, -0.05) is 0 Å². The highest BCUT2D eigenvalue weighted by Crippen LogP contribution is 2.16. The number of hydrogen-bond acceptors (Lipinski definition) is 4. The summed E-state index contributed by atoms with van der Waals surface area (Å²) in [6, 6.07) is 1.82. The van der Waals surface area contributed by atoms with Crippen molar-refractivity contribution in [3.8, 4) is 5.82 Å². The van der Waals surface area contributed by atoms with E-state index in [4.69, 9.17) is 5.73 Å². The molecule has 0 saturated heterocycles. The van der Waals surface area contributed by atoms with Gasteiger partial charge in [-0.2, -0.15) is 9.78 Å². The van der Waals surface area contributed by atoms with E-state index >= 15 is 0 Å². The molecule has 0 spiro atoms. The van der Waals surface area contributed by atoms with Gasteiger partial charge in [0.05, 0.1) is 22.8 Å². The predicted molar refractivity (Wildman–Crippen MR) is 62.5 cm³/mol. The molecule has 0 saturated carbocycles. The molecule has 0 unspecified atom stereocenters. The Kier molecular flexibility index (Phi) is 2.38. The molecule has 2 aromatic heterocycles. The van der Waals surface area contributed by atoms with Gasteiger partial charge in [-0.05, 0) is 27.7 Å². The molecule has 0 aliphatic heterocycles. The molecule has 16 heavy (non-hydrogen) atoms. The van der Waals surface area contributed by atoms with Crippen molar-refractivity contribution in [1.29, 1.82) is 0 Å². The summed E-state index contributed by atoms with van der Waals surface area (Å²) in [4.78, 5) is 8.90. The molecular formula is C11H15N5. The fourth-order valence-corrected chi connectivity index (χ4v) is 1.59. The number of anilines is 1. The van der Waals surface area contributed by atoms with E-state index in [9.17, 15) is 0 Å². The third-order valence-electron chi connectivity index (χ3n) is 2.52. The highest BCUT2D eigenvalue weighted by atomic mass is 15.3. The third-order valence-corrected chi connectivity index (χ3v) is 2.52. The number of aryl methyl sites for hydroxylation is 4. The minimum atomic E-state index is 0.582. The van der Waals surface area contributed by atoms with Crippen molar-refractivity contribution in [3.05, 3.63) is 28.8 Å². The number of nitrogen functional groups attached to an aromatic ring is 1. The first-order valence-electron chi connectivity index (χ1n) is 5.13. The number of hydrogen-bond donors (Lipinski definition) is 1. The van der Waals surface area contributed by atoms with Gasteiger partial charge >= 0.3 is 0 Å². The molecule has 2 heterocycles. The van der Waals surface area contributed by atoms with E-state index in [0.29, 0.717) is 11.6 Å². The molecule has 5 nitrogen and oxygen atoms in total. The molecule has 0 aliphatic rings. The summed E-state index contributed by atoms with van der Waals surface area (Å²) >= 11 is 0. The van der Waals surface area contributed by atoms with Crippen LogP contribution in [0.1, 0.15) is 22.8 Å². The second-order valence-electron chi connectivity index (χ2n) is 3.93. The third kappa shape index (κ3) is 1.64. The van der Waals surface area contributed by atoms with Crippen molar-refractivity contribution in [2.24, 2.45) is 0 Å². The molecule has 5 heteroatoms. The zero-order chi connectivity index (χ0) is 11.9. The molecule has 0 radical (unpaired) electrons. The molecule has 2 aromatic rings. The zero-order valence-corrected chi connectivity index (χ0v) is 9.94. The zero-order valence-electron chi connectivity index (χ0n) is 9.94. The number of aromatic nitrogens is 4. The van der Waals surface area contributed by atoms with Gasteiger partial charge in [0.25, 0.3) is 0 Å². The minimum Gasteiger partial charge on any atom is -0.384 e. The van der Waals surface area contributed by atoms with Crippen molar-refractivity contribution in [2.45, 2.75) is 27.7 Å². The molecule has 0 atom stereocenters. The van der Waals surface area contributed by atoms with Gasteiger partial charge in [0.1, 0.15) is 5.82 Å². The van der Waals surface area contributed by atoms with Crippen LogP contribution in [0.15, 0.2) is 6.07 Å². The summed E-state index contributed by atoms with van der Waals surface area (Å²) in [5, 5.41) is 4.30. The topological polar surface area (TPSA) is 69.6 Å². The smallest absolute Gasteiger partial charge is 0.177 e. The van der Waals surface area contributed by atoms with E-state index in [0.717, 1.165) is 22.8 Å². The van der Waals surface area contributed by atoms with Crippen molar-refractivity contribution in [3.63, 3.8) is 0 Å². The van der Waals surface area contributed by atoms with Crippen LogP contribution in [0.4, 0.5) is 5.82 Å². The van der Waals surface area contributed by atoms with E-state index in [-0.39, 0.29) is 0 Å². The standard InChI is InChI=1S/C11H15N5/c1-6-5-10(12)16(15-6)11-9(4)13-7(2)8(3)14-11/h5H,12H2,1-4H3. The first-order valence-corrected chi connectivity index (χ1v) is 5.13. The summed E-state index contributed by atoms with van der Waals surface area (Å²) in [6.45, 7) is 7.68. The van der Waals surface area contributed by atoms with Gasteiger partial charge in [-0.3, -0.25) is 4.98 Å². The fraction of sp³-hybridized carbons (Fsp3) is 0.364. The van der Waals surface area contributed by atoms with Crippen LogP contribution in [0.2, 0.25) is 0 Å². The summed E-state index contributed by atoms with van der Waals surface area (Å²) in [5.74, 6) is 1.28. The number of rotatable bonds is 1. The van der Waals surface area contributed by atoms with Crippen LogP contribution >= 0.6 is 0 Å². The summed E-state index contributed by atoms with van der Waals surface area (Å²) in [6.07, 6.45) is 0. The minimum absolute atomic E-state index is 0.582. The lowest BCUT2D eigenvalue weighted by atomic mass is 10.3. The first-order chi connectivity index (χ1) is 7.49. The molecule has 0 fully saturated rings. The Balaban J connectivity index is 2.64. The lowest BCUT2D eigenvalue weighted by Crippen LogP contribution is -2.09. The van der Waals surface area contributed by atoms with E-state index in [1.165, 1.54) is 0 Å². The van der Waals surface area contributed by atoms with Gasteiger partial charge in [0.2, 0.25) is 0 Å². The maximum absolute atomic E-state index is 5.86. The largest absolute Gasteiger partial charge is 0.384 e. The monoisotopic (exact) mass is 217 g/mol. The highest BCUT2D eigenvalue weighted by Gasteiger charge is 2.11. The summed E-state index contributed by atoms with van der Waals surface area (Å²) in [7, 11) is 0. The maximum Gasteiger partial charge on any atom is 0.177 e. The Morgan fingerprint density at radius 3 is 2.19 bits per heavy atom. The van der Waals surface area contributed by atoms with Crippen molar-refractivity contribution in [2.75, 3.05) is 5.73 Å². The van der Waals surface area contributed by atoms with Crippen LogP contribution in [0.25, 0.3) is 5.82 Å². The van der Waals surface area contributed by atoms with Crippen LogP contribution < -0.4 is 5.73 Å². The first kappa shape index (κ1) is 10.6. The highest BCUT2D eigenvalue weighted by molar-refractivity contribution is 5.41. The Morgan fingerprint density at radius 2 is 1.62 bits per heavy atom. The van der Waals surface area contributed by atoms with Gasteiger partial charge in [0, 0.05) is 6.07 Å². The molecule has 0 aliphatic carbocycles. The lowest BCUT2D eigenvalue weighted by molar-refractivity contribution is 0.806. The summed E-state index contributed by atoms with van der Waals surface area (Å²) < 4.78 is 1.63. The van der Waals surface area contributed by atoms with E-state index in [1.807, 2.05) is 33.8 Å². The van der Waals surface area contributed by atoms with Crippen molar-refractivity contribution < 1.29 is 0 Å². The average Bonchev–Trinajstić information content (AvgIpc) is 2.51. The molecule has 2 rings (SSSR count).